The van der Waals surface area contributed by atoms with Crippen LogP contribution in [0.1, 0.15) is 48.1 Å². The number of ether oxygens (including phenoxy) is 1. The van der Waals surface area contributed by atoms with Gasteiger partial charge in [-0.25, -0.2) is 9.97 Å². The standard InChI is InChI=1S/C27H33N3O5/c1-20-18-21(2)29-25(28-20)19-24(26(31)34-16-10-11-17-35-30(32)33)27(3,22-12-6-4-7-13-22)23-14-8-5-9-15-23/h4-9,12-15,18,24,32-33H,10-11,16-17,19H2,1-3H3/t24-/m1/s1. The number of unbranched alkanes of at least 4 members (excludes halogenated alkanes) is 1. The average molecular weight is 480 g/mol. The zero-order chi connectivity index (χ0) is 25.3. The highest BCUT2D eigenvalue weighted by atomic mass is 17.1. The molecule has 0 aliphatic carbocycles. The SMILES string of the molecule is Cc1cc(C)nc(C[C@H](C(=O)OCCCCON(O)O)C(C)(c2ccccc2)c2ccccc2)n1. The van der Waals surface area contributed by atoms with Crippen molar-refractivity contribution in [2.45, 2.75) is 45.4 Å². The topological polar surface area (TPSA) is 105 Å². The van der Waals surface area contributed by atoms with Gasteiger partial charge in [-0.3, -0.25) is 20.0 Å². The molecule has 0 saturated heterocycles. The molecule has 0 unspecified atom stereocenters. The molecule has 0 saturated carbocycles. The summed E-state index contributed by atoms with van der Waals surface area (Å²) in [6, 6.07) is 21.8. The molecule has 1 atom stereocenters. The Kier molecular flexibility index (Phi) is 9.45. The van der Waals surface area contributed by atoms with Crippen molar-refractivity contribution in [3.05, 3.63) is 95.1 Å². The number of aromatic nitrogens is 2. The van der Waals surface area contributed by atoms with E-state index in [0.29, 0.717) is 25.1 Å². The lowest BCUT2D eigenvalue weighted by atomic mass is 9.66. The molecule has 186 valence electrons. The Labute approximate surface area is 206 Å². The summed E-state index contributed by atoms with van der Waals surface area (Å²) in [6.45, 7) is 6.18. The van der Waals surface area contributed by atoms with Crippen molar-refractivity contribution in [2.75, 3.05) is 13.2 Å². The fourth-order valence-corrected chi connectivity index (χ4v) is 4.36. The largest absolute Gasteiger partial charge is 0.465 e. The third-order valence-electron chi connectivity index (χ3n) is 6.13. The van der Waals surface area contributed by atoms with E-state index in [2.05, 4.69) is 21.7 Å². The van der Waals surface area contributed by atoms with Gasteiger partial charge in [0.05, 0.1) is 24.5 Å². The maximum atomic E-state index is 13.7. The number of rotatable bonds is 12. The second-order valence-electron chi connectivity index (χ2n) is 8.72. The van der Waals surface area contributed by atoms with Crippen LogP contribution in [0, 0.1) is 19.8 Å². The van der Waals surface area contributed by atoms with Crippen LogP contribution in [0.2, 0.25) is 0 Å². The van der Waals surface area contributed by atoms with Gasteiger partial charge in [0.15, 0.2) is 0 Å². The van der Waals surface area contributed by atoms with E-state index in [9.17, 15) is 4.79 Å². The minimum Gasteiger partial charge on any atom is -0.465 e. The number of nitrogens with zero attached hydrogens (tertiary/aromatic N) is 3. The maximum absolute atomic E-state index is 13.7. The molecule has 0 bridgehead atoms. The van der Waals surface area contributed by atoms with Crippen molar-refractivity contribution in [2.24, 2.45) is 5.92 Å². The number of carbonyl (C=O) groups excluding carboxylic acids is 1. The van der Waals surface area contributed by atoms with E-state index in [1.54, 1.807) is 0 Å². The molecule has 3 aromatic rings. The lowest BCUT2D eigenvalue weighted by Gasteiger charge is -2.37. The van der Waals surface area contributed by atoms with Crippen molar-refractivity contribution in [3.63, 3.8) is 0 Å². The van der Waals surface area contributed by atoms with Gasteiger partial charge in [0.25, 0.3) is 0 Å². The molecule has 2 aromatic carbocycles. The molecule has 8 nitrogen and oxygen atoms in total. The summed E-state index contributed by atoms with van der Waals surface area (Å²) in [4.78, 5) is 27.4. The monoisotopic (exact) mass is 479 g/mol. The first-order chi connectivity index (χ1) is 16.8. The number of hydrogen-bond acceptors (Lipinski definition) is 8. The minimum absolute atomic E-state index is 0.0934. The van der Waals surface area contributed by atoms with E-state index in [1.807, 2.05) is 80.6 Å². The molecule has 0 amide bonds. The number of carbonyl (C=O) groups is 1. The van der Waals surface area contributed by atoms with Crippen LogP contribution < -0.4 is 0 Å². The van der Waals surface area contributed by atoms with Crippen molar-refractivity contribution < 1.29 is 24.8 Å². The van der Waals surface area contributed by atoms with E-state index in [1.165, 1.54) is 0 Å². The summed E-state index contributed by atoms with van der Waals surface area (Å²) in [5.41, 5.74) is 3.00. The molecule has 0 radical (unpaired) electrons. The van der Waals surface area contributed by atoms with E-state index >= 15 is 0 Å². The molecule has 2 N–H and O–H groups in total. The lowest BCUT2D eigenvalue weighted by molar-refractivity contribution is -0.492. The van der Waals surface area contributed by atoms with Crippen LogP contribution in [0.4, 0.5) is 0 Å². The van der Waals surface area contributed by atoms with Gasteiger partial charge < -0.3 is 4.74 Å². The molecule has 1 heterocycles. The van der Waals surface area contributed by atoms with Crippen LogP contribution >= 0.6 is 0 Å². The van der Waals surface area contributed by atoms with Gasteiger partial charge in [-0.05, 0) is 43.9 Å². The van der Waals surface area contributed by atoms with E-state index < -0.39 is 11.3 Å². The zero-order valence-electron chi connectivity index (χ0n) is 20.4. The third kappa shape index (κ3) is 7.16. The number of esters is 1. The first-order valence-corrected chi connectivity index (χ1v) is 11.7. The summed E-state index contributed by atoms with van der Waals surface area (Å²) in [7, 11) is 0. The summed E-state index contributed by atoms with van der Waals surface area (Å²) in [6.07, 6.45) is 1.32. The zero-order valence-corrected chi connectivity index (χ0v) is 20.4. The van der Waals surface area contributed by atoms with Gasteiger partial charge in [-0.2, -0.15) is 0 Å². The van der Waals surface area contributed by atoms with Crippen molar-refractivity contribution in [3.8, 4) is 0 Å². The molecule has 0 aliphatic heterocycles. The fraction of sp³-hybridized carbons (Fsp3) is 0.370. The van der Waals surface area contributed by atoms with Gasteiger partial charge in [0.2, 0.25) is 0 Å². The second kappa shape index (κ2) is 12.5. The molecule has 8 heteroatoms. The average Bonchev–Trinajstić information content (AvgIpc) is 2.84. The first kappa shape index (κ1) is 26.4. The Bertz CT molecular complexity index is 1020. The lowest BCUT2D eigenvalue weighted by Crippen LogP contribution is -2.41. The van der Waals surface area contributed by atoms with Crippen LogP contribution in [0.15, 0.2) is 66.7 Å². The summed E-state index contributed by atoms with van der Waals surface area (Å²) in [5.74, 6) is -0.327. The molecule has 3 rings (SSSR count). The quantitative estimate of drug-likeness (QED) is 0.221. The van der Waals surface area contributed by atoms with Crippen molar-refractivity contribution >= 4 is 5.97 Å². The predicted molar refractivity (Wildman–Crippen MR) is 130 cm³/mol. The molecule has 0 spiro atoms. The fourth-order valence-electron chi connectivity index (χ4n) is 4.36. The van der Waals surface area contributed by atoms with Gasteiger partial charge >= 0.3 is 5.97 Å². The van der Waals surface area contributed by atoms with Crippen LogP contribution in [0.25, 0.3) is 0 Å². The molecule has 1 aromatic heterocycles. The molecule has 0 aliphatic rings. The van der Waals surface area contributed by atoms with Crippen molar-refractivity contribution in [1.29, 1.82) is 0 Å². The predicted octanol–water partition coefficient (Wildman–Crippen LogP) is 4.59. The Hall–Kier alpha value is -3.17. The smallest absolute Gasteiger partial charge is 0.310 e. The normalized spacial score (nSPS) is 12.5. The van der Waals surface area contributed by atoms with E-state index in [-0.39, 0.29) is 24.6 Å². The Morgan fingerprint density at radius 1 is 0.914 bits per heavy atom. The molecular formula is C27H33N3O5. The Morgan fingerprint density at radius 3 is 1.94 bits per heavy atom. The molecule has 35 heavy (non-hydrogen) atoms. The second-order valence-corrected chi connectivity index (χ2v) is 8.72. The van der Waals surface area contributed by atoms with Crippen LogP contribution in [-0.2, 0) is 26.2 Å². The minimum atomic E-state index is -0.696. The highest BCUT2D eigenvalue weighted by Crippen LogP contribution is 2.41. The van der Waals surface area contributed by atoms with Crippen molar-refractivity contribution in [1.82, 2.24) is 15.4 Å². The third-order valence-corrected chi connectivity index (χ3v) is 6.13. The van der Waals surface area contributed by atoms with Crippen LogP contribution in [0.5, 0.6) is 0 Å². The van der Waals surface area contributed by atoms with Gasteiger partial charge in [0.1, 0.15) is 5.82 Å². The van der Waals surface area contributed by atoms with Crippen LogP contribution in [0.3, 0.4) is 0 Å². The van der Waals surface area contributed by atoms with Gasteiger partial charge in [0, 0.05) is 23.2 Å². The van der Waals surface area contributed by atoms with E-state index in [0.717, 1.165) is 22.5 Å². The Morgan fingerprint density at radius 2 is 1.43 bits per heavy atom. The van der Waals surface area contributed by atoms with Gasteiger partial charge in [-0.1, -0.05) is 67.6 Å². The maximum Gasteiger partial charge on any atom is 0.310 e. The van der Waals surface area contributed by atoms with Crippen LogP contribution in [-0.4, -0.2) is 45.0 Å². The number of benzene rings is 2. The molecular weight excluding hydrogens is 446 g/mol. The van der Waals surface area contributed by atoms with Gasteiger partial charge in [-0.15, -0.1) is 0 Å². The summed E-state index contributed by atoms with van der Waals surface area (Å²) in [5, 5.41) is 16.9. The summed E-state index contributed by atoms with van der Waals surface area (Å²) >= 11 is 0. The highest BCUT2D eigenvalue weighted by molar-refractivity contribution is 5.76. The Balaban J connectivity index is 1.94. The molecule has 0 fully saturated rings. The summed E-state index contributed by atoms with van der Waals surface area (Å²) < 4.78 is 5.74. The van der Waals surface area contributed by atoms with E-state index in [4.69, 9.17) is 15.2 Å². The number of hydrogen-bond donors (Lipinski definition) is 2. The highest BCUT2D eigenvalue weighted by Gasteiger charge is 2.43. The first-order valence-electron chi connectivity index (χ1n) is 11.7. The number of aryl methyl sites for hydroxylation is 2.